The number of carbonyl (C=O) groups excluding carboxylic acids is 2. The number of carbonyl (C=O) groups is 2. The van der Waals surface area contributed by atoms with Gasteiger partial charge >= 0.3 is 0 Å². The molecule has 0 spiro atoms. The first-order valence-electron chi connectivity index (χ1n) is 8.65. The standard InChI is InChI=1S/C20H20N4O3/c1-14-7-5-10-21-18(14)20(26)23-12-6-11-22-19(25)16-13-17(27-24-16)15-8-3-2-4-9-15/h2-5,7-10,13H,6,11-12H2,1H3,(H,22,25)(H,23,26). The van der Waals surface area contributed by atoms with E-state index in [0.29, 0.717) is 31.0 Å². The first-order valence-corrected chi connectivity index (χ1v) is 8.65. The summed E-state index contributed by atoms with van der Waals surface area (Å²) in [5.74, 6) is 0.00926. The number of benzene rings is 1. The Balaban J connectivity index is 1.42. The second kappa shape index (κ2) is 8.75. The number of aromatic nitrogens is 2. The van der Waals surface area contributed by atoms with E-state index in [1.807, 2.05) is 43.3 Å². The van der Waals surface area contributed by atoms with E-state index in [1.165, 1.54) is 0 Å². The lowest BCUT2D eigenvalue weighted by Crippen LogP contribution is -2.30. The van der Waals surface area contributed by atoms with Crippen molar-refractivity contribution in [3.63, 3.8) is 0 Å². The third kappa shape index (κ3) is 4.78. The van der Waals surface area contributed by atoms with Gasteiger partial charge in [0.05, 0.1) is 0 Å². The van der Waals surface area contributed by atoms with Crippen LogP contribution in [0.1, 0.15) is 33.0 Å². The lowest BCUT2D eigenvalue weighted by atomic mass is 10.1. The summed E-state index contributed by atoms with van der Waals surface area (Å²) in [6.45, 7) is 2.68. The van der Waals surface area contributed by atoms with Crippen molar-refractivity contribution in [3.8, 4) is 11.3 Å². The second-order valence-electron chi connectivity index (χ2n) is 5.98. The maximum absolute atomic E-state index is 12.1. The van der Waals surface area contributed by atoms with E-state index < -0.39 is 0 Å². The summed E-state index contributed by atoms with van der Waals surface area (Å²) in [7, 11) is 0. The van der Waals surface area contributed by atoms with Crippen molar-refractivity contribution < 1.29 is 14.1 Å². The van der Waals surface area contributed by atoms with Crippen molar-refractivity contribution in [3.05, 3.63) is 71.7 Å². The molecule has 0 aliphatic heterocycles. The summed E-state index contributed by atoms with van der Waals surface area (Å²) in [5.41, 5.74) is 2.32. The minimum Gasteiger partial charge on any atom is -0.355 e. The van der Waals surface area contributed by atoms with Crippen LogP contribution in [0.5, 0.6) is 0 Å². The second-order valence-corrected chi connectivity index (χ2v) is 5.98. The van der Waals surface area contributed by atoms with Gasteiger partial charge in [0.1, 0.15) is 5.69 Å². The number of hydrogen-bond acceptors (Lipinski definition) is 5. The smallest absolute Gasteiger partial charge is 0.273 e. The van der Waals surface area contributed by atoms with Gasteiger partial charge in [0.25, 0.3) is 11.8 Å². The summed E-state index contributed by atoms with van der Waals surface area (Å²) in [6, 6.07) is 14.7. The highest BCUT2D eigenvalue weighted by atomic mass is 16.5. The fourth-order valence-corrected chi connectivity index (χ4v) is 2.51. The van der Waals surface area contributed by atoms with Crippen molar-refractivity contribution in [2.45, 2.75) is 13.3 Å². The van der Waals surface area contributed by atoms with Gasteiger partial charge in [0.15, 0.2) is 11.5 Å². The zero-order valence-corrected chi connectivity index (χ0v) is 14.9. The highest BCUT2D eigenvalue weighted by molar-refractivity contribution is 5.94. The zero-order valence-electron chi connectivity index (χ0n) is 14.9. The Morgan fingerprint density at radius 1 is 1.00 bits per heavy atom. The van der Waals surface area contributed by atoms with Crippen LogP contribution < -0.4 is 10.6 Å². The van der Waals surface area contributed by atoms with Crippen molar-refractivity contribution >= 4 is 11.8 Å². The van der Waals surface area contributed by atoms with Crippen LogP contribution in [0, 0.1) is 6.92 Å². The zero-order chi connectivity index (χ0) is 19.1. The predicted octanol–water partition coefficient (Wildman–Crippen LogP) is 2.59. The molecule has 0 atom stereocenters. The molecule has 0 unspecified atom stereocenters. The van der Waals surface area contributed by atoms with Crippen LogP contribution >= 0.6 is 0 Å². The Morgan fingerprint density at radius 2 is 1.74 bits per heavy atom. The van der Waals surface area contributed by atoms with E-state index in [1.54, 1.807) is 18.3 Å². The number of hydrogen-bond donors (Lipinski definition) is 2. The van der Waals surface area contributed by atoms with Crippen molar-refractivity contribution in [1.29, 1.82) is 0 Å². The molecule has 2 N–H and O–H groups in total. The Kier molecular flexibility index (Phi) is 5.94. The van der Waals surface area contributed by atoms with Gasteiger partial charge in [-0.1, -0.05) is 41.6 Å². The molecule has 27 heavy (non-hydrogen) atoms. The highest BCUT2D eigenvalue weighted by Crippen LogP contribution is 2.19. The van der Waals surface area contributed by atoms with Crippen LogP contribution in [0.4, 0.5) is 0 Å². The molecule has 2 heterocycles. The summed E-state index contributed by atoms with van der Waals surface area (Å²) >= 11 is 0. The number of nitrogens with one attached hydrogen (secondary N) is 2. The van der Waals surface area contributed by atoms with Gasteiger partial charge in [-0.2, -0.15) is 0 Å². The van der Waals surface area contributed by atoms with Gasteiger partial charge in [-0.15, -0.1) is 0 Å². The molecule has 2 aromatic heterocycles. The van der Waals surface area contributed by atoms with Crippen LogP contribution in [-0.4, -0.2) is 35.0 Å². The maximum Gasteiger partial charge on any atom is 0.273 e. The maximum atomic E-state index is 12.1. The SMILES string of the molecule is Cc1cccnc1C(=O)NCCCNC(=O)c1cc(-c2ccccc2)on1. The minimum atomic E-state index is -0.312. The Labute approximate surface area is 156 Å². The molecule has 138 valence electrons. The molecule has 0 aliphatic rings. The number of nitrogens with zero attached hydrogens (tertiary/aromatic N) is 2. The largest absolute Gasteiger partial charge is 0.355 e. The molecule has 0 saturated heterocycles. The average molecular weight is 364 g/mol. The number of rotatable bonds is 7. The van der Waals surface area contributed by atoms with E-state index in [2.05, 4.69) is 20.8 Å². The summed E-state index contributed by atoms with van der Waals surface area (Å²) < 4.78 is 5.22. The quantitative estimate of drug-likeness (QED) is 0.628. The van der Waals surface area contributed by atoms with Crippen LogP contribution in [0.3, 0.4) is 0 Å². The first kappa shape index (κ1) is 18.3. The molecule has 0 bridgehead atoms. The van der Waals surface area contributed by atoms with E-state index in [9.17, 15) is 9.59 Å². The molecule has 3 aromatic rings. The molecule has 1 aromatic carbocycles. The molecule has 0 saturated carbocycles. The van der Waals surface area contributed by atoms with Gasteiger partial charge < -0.3 is 15.2 Å². The van der Waals surface area contributed by atoms with Gasteiger partial charge in [-0.3, -0.25) is 14.6 Å². The Hall–Kier alpha value is -3.48. The van der Waals surface area contributed by atoms with Crippen molar-refractivity contribution in [2.75, 3.05) is 13.1 Å². The Morgan fingerprint density at radius 3 is 2.48 bits per heavy atom. The van der Waals surface area contributed by atoms with E-state index >= 15 is 0 Å². The number of aryl methyl sites for hydroxylation is 1. The third-order valence-electron chi connectivity index (χ3n) is 3.95. The van der Waals surface area contributed by atoms with Crippen LogP contribution in [-0.2, 0) is 0 Å². The van der Waals surface area contributed by atoms with Crippen LogP contribution in [0.25, 0.3) is 11.3 Å². The van der Waals surface area contributed by atoms with Gasteiger partial charge in [-0.05, 0) is 25.0 Å². The fourth-order valence-electron chi connectivity index (χ4n) is 2.51. The molecule has 7 heteroatoms. The summed E-state index contributed by atoms with van der Waals surface area (Å²) in [6.07, 6.45) is 2.18. The lowest BCUT2D eigenvalue weighted by molar-refractivity contribution is 0.0943. The minimum absolute atomic E-state index is 0.219. The summed E-state index contributed by atoms with van der Waals surface area (Å²) in [5, 5.41) is 9.36. The summed E-state index contributed by atoms with van der Waals surface area (Å²) in [4.78, 5) is 28.2. The highest BCUT2D eigenvalue weighted by Gasteiger charge is 2.13. The van der Waals surface area contributed by atoms with E-state index in [-0.39, 0.29) is 17.5 Å². The predicted molar refractivity (Wildman–Crippen MR) is 100 cm³/mol. The van der Waals surface area contributed by atoms with Gasteiger partial charge in [-0.25, -0.2) is 0 Å². The van der Waals surface area contributed by atoms with Gasteiger partial charge in [0.2, 0.25) is 0 Å². The number of pyridine rings is 1. The number of amides is 2. The molecule has 0 radical (unpaired) electrons. The molecule has 0 aliphatic carbocycles. The van der Waals surface area contributed by atoms with E-state index in [0.717, 1.165) is 11.1 Å². The molecule has 2 amide bonds. The molecular weight excluding hydrogens is 344 g/mol. The average Bonchev–Trinajstić information content (AvgIpc) is 3.19. The van der Waals surface area contributed by atoms with Crippen molar-refractivity contribution in [1.82, 2.24) is 20.8 Å². The molecular formula is C20H20N4O3. The van der Waals surface area contributed by atoms with Crippen molar-refractivity contribution in [2.24, 2.45) is 0 Å². The third-order valence-corrected chi connectivity index (χ3v) is 3.95. The monoisotopic (exact) mass is 364 g/mol. The normalized spacial score (nSPS) is 10.4. The lowest BCUT2D eigenvalue weighted by Gasteiger charge is -2.07. The van der Waals surface area contributed by atoms with E-state index in [4.69, 9.17) is 4.52 Å². The first-order chi connectivity index (χ1) is 13.1. The molecule has 7 nitrogen and oxygen atoms in total. The Bertz CT molecular complexity index is 922. The topological polar surface area (TPSA) is 97.1 Å². The molecule has 0 fully saturated rings. The van der Waals surface area contributed by atoms with Gasteiger partial charge in [0, 0.05) is 30.9 Å². The van der Waals surface area contributed by atoms with Crippen LogP contribution in [0.2, 0.25) is 0 Å². The van der Waals surface area contributed by atoms with Crippen LogP contribution in [0.15, 0.2) is 59.3 Å². The molecule has 3 rings (SSSR count). The fraction of sp³-hybridized carbons (Fsp3) is 0.200.